The normalized spacial score (nSPS) is 34.2. The Morgan fingerprint density at radius 2 is 1.60 bits per heavy atom. The molecule has 10 heavy (non-hydrogen) atoms. The van der Waals surface area contributed by atoms with Crippen LogP contribution in [0.3, 0.4) is 0 Å². The second-order valence-corrected chi connectivity index (χ2v) is 3.44. The van der Waals surface area contributed by atoms with Crippen LogP contribution in [0.15, 0.2) is 0 Å². The fourth-order valence-corrected chi connectivity index (χ4v) is 1.75. The highest BCUT2D eigenvalue weighted by molar-refractivity contribution is 4.74. The largest absolute Gasteiger partial charge is 0.316 e. The van der Waals surface area contributed by atoms with Gasteiger partial charge >= 0.3 is 0 Å². The number of nitrogens with one attached hydrogen (secondary N) is 1. The summed E-state index contributed by atoms with van der Waals surface area (Å²) in [5.41, 5.74) is 0. The lowest BCUT2D eigenvalue weighted by molar-refractivity contribution is 0.275. The van der Waals surface area contributed by atoms with E-state index in [4.69, 9.17) is 0 Å². The first kappa shape index (κ1) is 8.06. The average Bonchev–Trinajstić information content (AvgIpc) is 2.05. The maximum atomic E-state index is 3.49. The van der Waals surface area contributed by atoms with Crippen LogP contribution in [0.25, 0.3) is 0 Å². The molecule has 1 aliphatic heterocycles. The molecule has 60 valence electrons. The van der Waals surface area contributed by atoms with Crippen LogP contribution in [0.5, 0.6) is 0 Å². The van der Waals surface area contributed by atoms with Crippen molar-refractivity contribution >= 4 is 0 Å². The third-order valence-electron chi connectivity index (χ3n) is 2.69. The molecule has 1 rings (SSSR count). The van der Waals surface area contributed by atoms with Crippen molar-refractivity contribution in [2.75, 3.05) is 13.1 Å². The fraction of sp³-hybridized carbons (Fsp3) is 1.00. The molecule has 0 aromatic heterocycles. The van der Waals surface area contributed by atoms with Gasteiger partial charge in [0.25, 0.3) is 0 Å². The molecule has 0 aliphatic carbocycles. The van der Waals surface area contributed by atoms with E-state index in [-0.39, 0.29) is 0 Å². The van der Waals surface area contributed by atoms with Crippen LogP contribution in [-0.4, -0.2) is 13.1 Å². The van der Waals surface area contributed by atoms with Crippen LogP contribution in [0.1, 0.15) is 33.1 Å². The minimum absolute atomic E-state index is 0.957. The van der Waals surface area contributed by atoms with E-state index in [1.165, 1.54) is 32.4 Å². The molecule has 0 amide bonds. The molecule has 2 unspecified atom stereocenters. The summed E-state index contributed by atoms with van der Waals surface area (Å²) in [6.07, 6.45) is 4.16. The Labute approximate surface area is 64.2 Å². The number of piperidine rings is 1. The van der Waals surface area contributed by atoms with Gasteiger partial charge in [-0.15, -0.1) is 0 Å². The molecule has 0 aromatic rings. The SMILES string of the molecule is CCC1CNCC(CC)C1. The van der Waals surface area contributed by atoms with Crippen molar-refractivity contribution in [3.63, 3.8) is 0 Å². The predicted octanol–water partition coefficient (Wildman–Crippen LogP) is 2.03. The zero-order chi connectivity index (χ0) is 7.40. The molecule has 0 radical (unpaired) electrons. The summed E-state index contributed by atoms with van der Waals surface area (Å²) in [6.45, 7) is 7.11. The summed E-state index contributed by atoms with van der Waals surface area (Å²) in [5, 5.41) is 3.49. The van der Waals surface area contributed by atoms with Gasteiger partial charge in [-0.05, 0) is 31.3 Å². The number of rotatable bonds is 2. The molecule has 1 aliphatic rings. The Balaban J connectivity index is 2.25. The highest BCUT2D eigenvalue weighted by Crippen LogP contribution is 2.20. The summed E-state index contributed by atoms with van der Waals surface area (Å²) >= 11 is 0. The van der Waals surface area contributed by atoms with Gasteiger partial charge in [0.05, 0.1) is 0 Å². The van der Waals surface area contributed by atoms with Crippen molar-refractivity contribution < 1.29 is 0 Å². The molecular weight excluding hydrogens is 122 g/mol. The van der Waals surface area contributed by atoms with E-state index in [0.717, 1.165) is 11.8 Å². The van der Waals surface area contributed by atoms with Crippen molar-refractivity contribution in [2.45, 2.75) is 33.1 Å². The van der Waals surface area contributed by atoms with Crippen LogP contribution >= 0.6 is 0 Å². The lowest BCUT2D eigenvalue weighted by Crippen LogP contribution is -2.35. The summed E-state index contributed by atoms with van der Waals surface area (Å²) in [4.78, 5) is 0. The van der Waals surface area contributed by atoms with Gasteiger partial charge in [-0.1, -0.05) is 26.7 Å². The Morgan fingerprint density at radius 1 is 1.10 bits per heavy atom. The standard InChI is InChI=1S/C9H19N/c1-3-8-5-9(4-2)7-10-6-8/h8-10H,3-7H2,1-2H3. The maximum absolute atomic E-state index is 3.49. The van der Waals surface area contributed by atoms with Gasteiger partial charge in [0.15, 0.2) is 0 Å². The highest BCUT2D eigenvalue weighted by atomic mass is 14.9. The third kappa shape index (κ3) is 1.98. The van der Waals surface area contributed by atoms with E-state index < -0.39 is 0 Å². The average molecular weight is 141 g/mol. The minimum atomic E-state index is 0.957. The van der Waals surface area contributed by atoms with Gasteiger partial charge in [-0.2, -0.15) is 0 Å². The molecule has 0 bridgehead atoms. The van der Waals surface area contributed by atoms with Crippen LogP contribution in [0.4, 0.5) is 0 Å². The maximum Gasteiger partial charge on any atom is -0.00204 e. The molecule has 1 nitrogen and oxygen atoms in total. The number of hydrogen-bond donors (Lipinski definition) is 1. The van der Waals surface area contributed by atoms with Gasteiger partial charge in [0, 0.05) is 0 Å². The summed E-state index contributed by atoms with van der Waals surface area (Å²) in [7, 11) is 0. The van der Waals surface area contributed by atoms with Crippen molar-refractivity contribution in [2.24, 2.45) is 11.8 Å². The lowest BCUT2D eigenvalue weighted by Gasteiger charge is -2.28. The lowest BCUT2D eigenvalue weighted by atomic mass is 9.87. The van der Waals surface area contributed by atoms with Crippen LogP contribution < -0.4 is 5.32 Å². The smallest absolute Gasteiger partial charge is 0.00204 e. The summed E-state index contributed by atoms with van der Waals surface area (Å²) < 4.78 is 0. The second kappa shape index (κ2) is 3.97. The van der Waals surface area contributed by atoms with E-state index in [1.54, 1.807) is 0 Å². The quantitative estimate of drug-likeness (QED) is 0.620. The Bertz CT molecular complexity index is 80.7. The molecular formula is C9H19N. The Kier molecular flexibility index (Phi) is 3.20. The second-order valence-electron chi connectivity index (χ2n) is 3.44. The van der Waals surface area contributed by atoms with E-state index >= 15 is 0 Å². The Morgan fingerprint density at radius 3 is 2.00 bits per heavy atom. The van der Waals surface area contributed by atoms with Crippen LogP contribution in [-0.2, 0) is 0 Å². The first-order valence-corrected chi connectivity index (χ1v) is 4.57. The van der Waals surface area contributed by atoms with Gasteiger partial charge in [0.2, 0.25) is 0 Å². The van der Waals surface area contributed by atoms with E-state index in [1.807, 2.05) is 0 Å². The summed E-state index contributed by atoms with van der Waals surface area (Å²) in [5.74, 6) is 1.91. The van der Waals surface area contributed by atoms with Gasteiger partial charge in [0.1, 0.15) is 0 Å². The molecule has 1 fully saturated rings. The van der Waals surface area contributed by atoms with E-state index in [9.17, 15) is 0 Å². The first-order valence-electron chi connectivity index (χ1n) is 4.57. The molecule has 1 heterocycles. The first-order chi connectivity index (χ1) is 4.86. The highest BCUT2D eigenvalue weighted by Gasteiger charge is 2.17. The monoisotopic (exact) mass is 141 g/mol. The molecule has 0 aromatic carbocycles. The van der Waals surface area contributed by atoms with Gasteiger partial charge in [-0.25, -0.2) is 0 Å². The fourth-order valence-electron chi connectivity index (χ4n) is 1.75. The topological polar surface area (TPSA) is 12.0 Å². The van der Waals surface area contributed by atoms with Crippen LogP contribution in [0.2, 0.25) is 0 Å². The van der Waals surface area contributed by atoms with E-state index in [0.29, 0.717) is 0 Å². The van der Waals surface area contributed by atoms with Crippen molar-refractivity contribution in [1.82, 2.24) is 5.32 Å². The minimum Gasteiger partial charge on any atom is -0.316 e. The molecule has 0 saturated carbocycles. The predicted molar refractivity (Wildman–Crippen MR) is 45.0 cm³/mol. The van der Waals surface area contributed by atoms with Gasteiger partial charge < -0.3 is 5.32 Å². The van der Waals surface area contributed by atoms with Crippen molar-refractivity contribution in [3.8, 4) is 0 Å². The molecule has 1 heteroatoms. The van der Waals surface area contributed by atoms with E-state index in [2.05, 4.69) is 19.2 Å². The molecule has 1 saturated heterocycles. The molecule has 2 atom stereocenters. The van der Waals surface area contributed by atoms with Crippen LogP contribution in [0, 0.1) is 11.8 Å². The zero-order valence-corrected chi connectivity index (χ0v) is 7.19. The summed E-state index contributed by atoms with van der Waals surface area (Å²) in [6, 6.07) is 0. The number of hydrogen-bond acceptors (Lipinski definition) is 1. The third-order valence-corrected chi connectivity index (χ3v) is 2.69. The van der Waals surface area contributed by atoms with Crippen molar-refractivity contribution in [3.05, 3.63) is 0 Å². The zero-order valence-electron chi connectivity index (χ0n) is 7.19. The molecule has 0 spiro atoms. The molecule has 1 N–H and O–H groups in total. The van der Waals surface area contributed by atoms with Crippen molar-refractivity contribution in [1.29, 1.82) is 0 Å². The van der Waals surface area contributed by atoms with Gasteiger partial charge in [-0.3, -0.25) is 0 Å². The Hall–Kier alpha value is -0.0400.